The first kappa shape index (κ1) is 11.4. The molecule has 90 valence electrons. The molecule has 0 bridgehead atoms. The van der Waals surface area contributed by atoms with Crippen molar-refractivity contribution in [3.05, 3.63) is 29.3 Å². The van der Waals surface area contributed by atoms with Gasteiger partial charge in [0.15, 0.2) is 0 Å². The van der Waals surface area contributed by atoms with E-state index in [4.69, 9.17) is 4.74 Å². The minimum atomic E-state index is 0.728. The quantitative estimate of drug-likeness (QED) is 0.601. The van der Waals surface area contributed by atoms with E-state index in [0.717, 1.165) is 35.9 Å². The van der Waals surface area contributed by atoms with Crippen molar-refractivity contribution in [1.82, 2.24) is 10.7 Å². The zero-order valence-corrected chi connectivity index (χ0v) is 10.0. The van der Waals surface area contributed by atoms with Crippen molar-refractivity contribution < 1.29 is 4.74 Å². The summed E-state index contributed by atoms with van der Waals surface area (Å²) in [6.07, 6.45) is 1.76. The monoisotopic (exact) mass is 232 g/mol. The fourth-order valence-corrected chi connectivity index (χ4v) is 1.62. The van der Waals surface area contributed by atoms with Crippen LogP contribution in [0.5, 0.6) is 5.75 Å². The highest BCUT2D eigenvalue weighted by Crippen LogP contribution is 2.17. The molecular formula is C12H16N4O. The Balaban J connectivity index is 1.98. The highest BCUT2D eigenvalue weighted by atomic mass is 16.5. The van der Waals surface area contributed by atoms with Crippen LogP contribution in [0.25, 0.3) is 0 Å². The van der Waals surface area contributed by atoms with Gasteiger partial charge in [-0.15, -0.1) is 0 Å². The number of ether oxygens (including phenoxy) is 1. The second-order valence-electron chi connectivity index (χ2n) is 3.76. The molecule has 0 atom stereocenters. The maximum Gasteiger partial charge on any atom is 0.212 e. The molecule has 5 heteroatoms. The van der Waals surface area contributed by atoms with Gasteiger partial charge < -0.3 is 10.1 Å². The topological polar surface area (TPSA) is 58.0 Å². The first-order valence-electron chi connectivity index (χ1n) is 5.51. The summed E-state index contributed by atoms with van der Waals surface area (Å²) in [4.78, 5) is 4.17. The molecule has 1 heterocycles. The van der Waals surface area contributed by atoms with E-state index in [1.54, 1.807) is 13.3 Å². The molecule has 17 heavy (non-hydrogen) atoms. The Labute approximate surface area is 101 Å². The van der Waals surface area contributed by atoms with Gasteiger partial charge in [-0.05, 0) is 36.2 Å². The second kappa shape index (κ2) is 5.34. The van der Waals surface area contributed by atoms with Crippen LogP contribution in [0.4, 0.5) is 0 Å². The molecule has 0 radical (unpaired) electrons. The lowest BCUT2D eigenvalue weighted by Crippen LogP contribution is -2.30. The lowest BCUT2D eigenvalue weighted by Gasteiger charge is -2.04. The van der Waals surface area contributed by atoms with E-state index < -0.39 is 0 Å². The van der Waals surface area contributed by atoms with Crippen molar-refractivity contribution >= 4 is 12.2 Å². The number of nitrogens with zero attached hydrogens (tertiary/aromatic N) is 2. The summed E-state index contributed by atoms with van der Waals surface area (Å²) >= 11 is 0. The van der Waals surface area contributed by atoms with Crippen LogP contribution in [0.2, 0.25) is 0 Å². The van der Waals surface area contributed by atoms with Gasteiger partial charge >= 0.3 is 0 Å². The summed E-state index contributed by atoms with van der Waals surface area (Å²) in [5, 5.41) is 7.19. The fourth-order valence-electron chi connectivity index (χ4n) is 1.62. The van der Waals surface area contributed by atoms with Crippen LogP contribution in [0.3, 0.4) is 0 Å². The first-order chi connectivity index (χ1) is 8.29. The van der Waals surface area contributed by atoms with Crippen molar-refractivity contribution in [3.8, 4) is 5.75 Å². The molecule has 5 nitrogen and oxygen atoms in total. The molecule has 0 amide bonds. The van der Waals surface area contributed by atoms with Crippen LogP contribution in [0.15, 0.2) is 28.3 Å². The molecule has 1 aromatic carbocycles. The van der Waals surface area contributed by atoms with Gasteiger partial charge in [-0.2, -0.15) is 5.10 Å². The summed E-state index contributed by atoms with van der Waals surface area (Å²) in [5.41, 5.74) is 4.97. The number of methoxy groups -OCH3 is 1. The third-order valence-corrected chi connectivity index (χ3v) is 2.48. The second-order valence-corrected chi connectivity index (χ2v) is 3.76. The van der Waals surface area contributed by atoms with Crippen LogP contribution in [-0.4, -0.2) is 32.4 Å². The van der Waals surface area contributed by atoms with E-state index >= 15 is 0 Å². The number of hydrogen-bond donors (Lipinski definition) is 2. The Morgan fingerprint density at radius 1 is 1.53 bits per heavy atom. The normalized spacial score (nSPS) is 14.6. The molecule has 0 saturated carbocycles. The maximum atomic E-state index is 5.20. The molecule has 2 rings (SSSR count). The van der Waals surface area contributed by atoms with Crippen LogP contribution in [0, 0.1) is 6.92 Å². The Kier molecular flexibility index (Phi) is 3.59. The van der Waals surface area contributed by atoms with Crippen molar-refractivity contribution in [2.45, 2.75) is 6.92 Å². The highest BCUT2D eigenvalue weighted by Gasteiger charge is 2.01. The van der Waals surface area contributed by atoms with Gasteiger partial charge in [0.2, 0.25) is 5.96 Å². The third kappa shape index (κ3) is 2.96. The number of nitrogens with one attached hydrogen (secondary N) is 2. The molecule has 2 N–H and O–H groups in total. The van der Waals surface area contributed by atoms with Gasteiger partial charge in [-0.1, -0.05) is 0 Å². The van der Waals surface area contributed by atoms with Gasteiger partial charge in [0.25, 0.3) is 0 Å². The molecule has 0 aromatic heterocycles. The van der Waals surface area contributed by atoms with Crippen LogP contribution in [-0.2, 0) is 0 Å². The lowest BCUT2D eigenvalue weighted by molar-refractivity contribution is 0.411. The third-order valence-electron chi connectivity index (χ3n) is 2.48. The van der Waals surface area contributed by atoms with Crippen molar-refractivity contribution in [3.63, 3.8) is 0 Å². The zero-order valence-electron chi connectivity index (χ0n) is 10.0. The standard InChI is InChI=1S/C12H16N4O/c1-9-7-10(3-4-11(9)17-2)8-15-16-12-13-5-6-14-12/h3-4,7-8H,5-6H2,1-2H3,(H2,13,14,16)/b15-8+. The van der Waals surface area contributed by atoms with Crippen LogP contribution in [0.1, 0.15) is 11.1 Å². The number of aliphatic imine (C=N–C) groups is 1. The van der Waals surface area contributed by atoms with E-state index in [-0.39, 0.29) is 0 Å². The van der Waals surface area contributed by atoms with E-state index in [1.165, 1.54) is 0 Å². The molecule has 1 aromatic rings. The Morgan fingerprint density at radius 3 is 3.06 bits per heavy atom. The molecule has 0 aliphatic carbocycles. The minimum Gasteiger partial charge on any atom is -0.496 e. The number of aryl methyl sites for hydroxylation is 1. The number of rotatable bonds is 3. The minimum absolute atomic E-state index is 0.728. The summed E-state index contributed by atoms with van der Waals surface area (Å²) in [5.74, 6) is 1.61. The Morgan fingerprint density at radius 2 is 2.41 bits per heavy atom. The summed E-state index contributed by atoms with van der Waals surface area (Å²) in [7, 11) is 1.67. The Hall–Kier alpha value is -2.04. The summed E-state index contributed by atoms with van der Waals surface area (Å²) in [6.45, 7) is 3.69. The van der Waals surface area contributed by atoms with Crippen LogP contribution < -0.4 is 15.5 Å². The molecule has 1 aliphatic rings. The van der Waals surface area contributed by atoms with E-state index in [0.29, 0.717) is 0 Å². The molecule has 1 aliphatic heterocycles. The van der Waals surface area contributed by atoms with Gasteiger partial charge in [0.05, 0.1) is 19.9 Å². The average molecular weight is 232 g/mol. The number of benzene rings is 1. The lowest BCUT2D eigenvalue weighted by atomic mass is 10.1. The molecule has 0 saturated heterocycles. The first-order valence-corrected chi connectivity index (χ1v) is 5.51. The summed E-state index contributed by atoms with van der Waals surface area (Å²) < 4.78 is 5.20. The van der Waals surface area contributed by atoms with Crippen molar-refractivity contribution in [1.29, 1.82) is 0 Å². The molecule has 0 spiro atoms. The van der Waals surface area contributed by atoms with Crippen molar-refractivity contribution in [2.24, 2.45) is 10.1 Å². The SMILES string of the molecule is COc1ccc(/C=N/NC2=NCCN2)cc1C. The van der Waals surface area contributed by atoms with Gasteiger partial charge in [-0.25, -0.2) is 10.4 Å². The van der Waals surface area contributed by atoms with E-state index in [1.807, 2.05) is 25.1 Å². The summed E-state index contributed by atoms with van der Waals surface area (Å²) in [6, 6.07) is 5.91. The molecule has 0 unspecified atom stereocenters. The number of hydrogen-bond acceptors (Lipinski definition) is 5. The smallest absolute Gasteiger partial charge is 0.212 e. The highest BCUT2D eigenvalue weighted by molar-refractivity contribution is 5.84. The Bertz CT molecular complexity index is 454. The fraction of sp³-hybridized carbons (Fsp3) is 0.333. The maximum absolute atomic E-state index is 5.20. The van der Waals surface area contributed by atoms with Gasteiger partial charge in [-0.3, -0.25) is 0 Å². The average Bonchev–Trinajstić information content (AvgIpc) is 2.82. The molecular weight excluding hydrogens is 216 g/mol. The van der Waals surface area contributed by atoms with Gasteiger partial charge in [0.1, 0.15) is 5.75 Å². The van der Waals surface area contributed by atoms with E-state index in [9.17, 15) is 0 Å². The molecule has 0 fully saturated rings. The van der Waals surface area contributed by atoms with Crippen molar-refractivity contribution in [2.75, 3.05) is 20.2 Å². The predicted octanol–water partition coefficient (Wildman–Crippen LogP) is 0.886. The predicted molar refractivity (Wildman–Crippen MR) is 68.8 cm³/mol. The van der Waals surface area contributed by atoms with E-state index in [2.05, 4.69) is 20.8 Å². The number of guanidine groups is 1. The van der Waals surface area contributed by atoms with Crippen LogP contribution >= 0.6 is 0 Å². The van der Waals surface area contributed by atoms with Gasteiger partial charge in [0, 0.05) is 6.54 Å². The zero-order chi connectivity index (χ0) is 12.1. The largest absolute Gasteiger partial charge is 0.496 e. The number of hydrazone groups is 1.